The Labute approximate surface area is 34.4 Å². The largest absolute Gasteiger partial charge is 0.521 e. The molecule has 0 radical (unpaired) electrons. The van der Waals surface area contributed by atoms with Crippen molar-refractivity contribution in [2.24, 2.45) is 0 Å². The molecule has 0 aromatic rings. The van der Waals surface area contributed by atoms with Crippen LogP contribution in [0.2, 0.25) is 0 Å². The van der Waals surface area contributed by atoms with Gasteiger partial charge in [0.05, 0.1) is 0 Å². The van der Waals surface area contributed by atoms with Crippen molar-refractivity contribution in [3.63, 3.8) is 0 Å². The molecule has 0 atom stereocenters. The van der Waals surface area contributed by atoms with Gasteiger partial charge in [0.15, 0.2) is 0 Å². The minimum absolute atomic E-state index is 0.562. The van der Waals surface area contributed by atoms with Crippen LogP contribution in [0.3, 0.4) is 0 Å². The van der Waals surface area contributed by atoms with Crippen molar-refractivity contribution in [3.05, 3.63) is 13.2 Å². The summed E-state index contributed by atoms with van der Waals surface area (Å²) in [6.07, 6.45) is 0. The first-order valence-electron chi connectivity index (χ1n) is 0.878. The molecule has 0 aliphatic carbocycles. The van der Waals surface area contributed by atoms with Crippen LogP contribution in [0.1, 0.15) is 0 Å². The molecule has 1 nitrogen and oxygen atoms in total. The van der Waals surface area contributed by atoms with Crippen LogP contribution in [0, 0.1) is 6.58 Å². The van der Waals surface area contributed by atoms with Gasteiger partial charge in [-0.15, -0.1) is 0 Å². The van der Waals surface area contributed by atoms with E-state index in [-0.39, 0.29) is 0 Å². The van der Waals surface area contributed by atoms with Gasteiger partial charge < -0.3 is 6.58 Å². The number of hydrogen-bond donors (Lipinski definition) is 0. The summed E-state index contributed by atoms with van der Waals surface area (Å²) in [5, 5.41) is 0. The summed E-state index contributed by atoms with van der Waals surface area (Å²) in [6, 6.07) is 0. The fourth-order valence-corrected chi connectivity index (χ4v) is 0. The molecule has 0 amide bonds. The maximum Gasteiger partial charge on any atom is -0.288 e. The Balaban J connectivity index is 0. The van der Waals surface area contributed by atoms with Gasteiger partial charge in [0.25, 0.3) is 0 Å². The van der Waals surface area contributed by atoms with Crippen molar-refractivity contribution >= 4 is 0 Å². The molecule has 0 rings (SSSR count). The van der Waals surface area contributed by atoms with E-state index >= 15 is 0 Å². The van der Waals surface area contributed by atoms with Gasteiger partial charge in [0.2, 0.25) is 0 Å². The van der Waals surface area contributed by atoms with E-state index in [0.29, 0.717) is 0 Å². The van der Waals surface area contributed by atoms with Crippen LogP contribution in [0.15, 0.2) is 6.58 Å². The van der Waals surface area contributed by atoms with Crippen LogP contribution in [0.4, 0.5) is 0 Å². The molecule has 0 aliphatic heterocycles. The Hall–Kier alpha value is 0.0465. The normalized spacial score (nSPS) is 6.50. The Kier molecular flexibility index (Phi) is 5970. The maximum atomic E-state index is 8.57. The molecule has 0 fully saturated rings. The van der Waals surface area contributed by atoms with Crippen molar-refractivity contribution in [3.8, 4) is 0 Å². The first-order chi connectivity index (χ1) is 2.41. The monoisotopic (exact) mass is 105 g/mol. The van der Waals surface area contributed by atoms with Gasteiger partial charge in [0, 0.05) is 0 Å². The van der Waals surface area contributed by atoms with Crippen molar-refractivity contribution in [2.45, 2.75) is 0 Å². The van der Waals surface area contributed by atoms with Gasteiger partial charge in [-0.25, -0.2) is 0 Å². The summed E-state index contributed by atoms with van der Waals surface area (Å²) >= 11 is -0.562. The van der Waals surface area contributed by atoms with E-state index in [4.69, 9.17) is 4.83 Å². The van der Waals surface area contributed by atoms with Crippen molar-refractivity contribution in [2.75, 3.05) is 0 Å². The van der Waals surface area contributed by atoms with Gasteiger partial charge >= 0.3 is 20.4 Å². The molecule has 0 heterocycles. The number of rotatable bonds is 0. The third-order valence-electron chi connectivity index (χ3n) is 0. The SMILES string of the molecule is [3H][Co]=[O].[CH-]=C. The summed E-state index contributed by atoms with van der Waals surface area (Å²) in [7, 11) is 0. The average molecular weight is 105 g/mol. The Morgan fingerprint density at radius 3 is 2.25 bits per heavy atom. The van der Waals surface area contributed by atoms with E-state index in [1.165, 1.54) is 0 Å². The summed E-state index contributed by atoms with van der Waals surface area (Å²) in [6.45, 7) is 7.00. The van der Waals surface area contributed by atoms with E-state index in [2.05, 4.69) is 13.2 Å². The second kappa shape index (κ2) is 5900. The zero-order valence-electron chi connectivity index (χ0n) is 3.03. The second-order valence-electron chi connectivity index (χ2n) is 0. The van der Waals surface area contributed by atoms with E-state index in [1.807, 2.05) is 0 Å². The van der Waals surface area contributed by atoms with E-state index in [0.717, 1.165) is 0 Å². The topological polar surface area (TPSA) is 17.1 Å². The number of hydrogen-bond acceptors (Lipinski definition) is 1. The zero-order chi connectivity index (χ0) is 4.71. The molecule has 0 aromatic carbocycles. The Bertz CT molecular complexity index is 23.6. The molecule has 0 bridgehead atoms. The minimum Gasteiger partial charge on any atom is -0.521 e. The van der Waals surface area contributed by atoms with Gasteiger partial charge in [-0.1, -0.05) is 0 Å². The first kappa shape index (κ1) is 4.05. The molecular formula is C2H4CoO-. The van der Waals surface area contributed by atoms with Crippen LogP contribution in [0.25, 0.3) is 0 Å². The molecule has 28 valence electrons. The maximum absolute atomic E-state index is 8.57. The molecule has 0 saturated heterocycles. The van der Waals surface area contributed by atoms with Gasteiger partial charge in [-0.05, 0) is 0 Å². The van der Waals surface area contributed by atoms with E-state index < -0.39 is 15.5 Å². The summed E-state index contributed by atoms with van der Waals surface area (Å²) in [5.74, 6) is 0. The van der Waals surface area contributed by atoms with E-state index in [1.54, 1.807) is 0 Å². The fraction of sp³-hybridized carbons (Fsp3) is 0. The van der Waals surface area contributed by atoms with Crippen molar-refractivity contribution in [1.29, 1.82) is 0.968 Å². The van der Waals surface area contributed by atoms with Crippen LogP contribution >= 0.6 is 0 Å². The summed E-state index contributed by atoms with van der Waals surface area (Å²) in [5.41, 5.74) is 0. The summed E-state index contributed by atoms with van der Waals surface area (Å²) < 4.78 is 14.2. The third kappa shape index (κ3) is 1040. The van der Waals surface area contributed by atoms with Crippen molar-refractivity contribution < 1.29 is 19.4 Å². The quantitative estimate of drug-likeness (QED) is 0.402. The summed E-state index contributed by atoms with van der Waals surface area (Å²) in [4.78, 5) is 0. The fourth-order valence-electron chi connectivity index (χ4n) is 0. The second-order valence-corrected chi connectivity index (χ2v) is 0. The molecule has 0 aromatic heterocycles. The standard InChI is InChI=1S/C2H3.Co.O.H/c1-2;;;/h1H,2H2;;;/q-1;;;/i;;;1+2. The molecule has 2 heteroatoms. The Morgan fingerprint density at radius 2 is 2.25 bits per heavy atom. The smallest absolute Gasteiger partial charge is 0.288 e. The minimum atomic E-state index is -0.562. The first-order valence-corrected chi connectivity index (χ1v) is 0.969. The molecule has 0 aliphatic rings. The molecule has 0 N–H and O–H groups in total. The average Bonchev–Trinajstić information content (AvgIpc) is 1.46. The molecule has 0 saturated carbocycles. The van der Waals surface area contributed by atoms with Gasteiger partial charge in [-0.3, -0.25) is 6.58 Å². The van der Waals surface area contributed by atoms with Crippen LogP contribution < -0.4 is 0 Å². The Morgan fingerprint density at radius 1 is 2.25 bits per heavy atom. The van der Waals surface area contributed by atoms with Crippen LogP contribution in [0.5, 0.6) is 0 Å². The molecule has 0 unspecified atom stereocenters. The van der Waals surface area contributed by atoms with Gasteiger partial charge in [0.1, 0.15) is 0 Å². The van der Waals surface area contributed by atoms with Gasteiger partial charge in [-0.2, -0.15) is 0 Å². The van der Waals surface area contributed by atoms with E-state index in [9.17, 15) is 0 Å². The predicted octanol–water partition coefficient (Wildman–Crippen LogP) is 0.216. The predicted molar refractivity (Wildman–Crippen MR) is 12.0 cm³/mol. The zero-order valence-corrected chi connectivity index (χ0v) is 3.07. The molecule has 4 heavy (non-hydrogen) atoms. The van der Waals surface area contributed by atoms with Crippen LogP contribution in [-0.4, -0.2) is 0.968 Å². The van der Waals surface area contributed by atoms with Crippen LogP contribution in [-0.2, 0) is 19.4 Å². The molecule has 0 spiro atoms. The molecular weight excluding hydrogens is 99.0 g/mol. The van der Waals surface area contributed by atoms with Crippen molar-refractivity contribution in [1.82, 2.24) is 0 Å². The third-order valence-corrected chi connectivity index (χ3v) is 0.